The third-order valence-electron chi connectivity index (χ3n) is 4.92. The molecule has 0 N–H and O–H groups in total. The van der Waals surface area contributed by atoms with E-state index in [1.165, 1.54) is 12.8 Å². The number of carbonyl (C=O) groups is 1. The molecule has 1 amide bonds. The Morgan fingerprint density at radius 3 is 2.75 bits per heavy atom. The minimum atomic E-state index is 0.0369. The molecule has 1 aromatic carbocycles. The van der Waals surface area contributed by atoms with E-state index in [0.717, 1.165) is 23.0 Å². The van der Waals surface area contributed by atoms with Gasteiger partial charge in [-0.25, -0.2) is 0 Å². The molecule has 0 spiro atoms. The summed E-state index contributed by atoms with van der Waals surface area (Å²) in [7, 11) is 1.64. The van der Waals surface area contributed by atoms with Gasteiger partial charge >= 0.3 is 0 Å². The largest absolute Gasteiger partial charge is 0.496 e. The average Bonchev–Trinajstić information content (AvgIpc) is 3.33. The lowest BCUT2D eigenvalue weighted by Gasteiger charge is -2.32. The third kappa shape index (κ3) is 2.46. The van der Waals surface area contributed by atoms with E-state index in [1.54, 1.807) is 7.11 Å². The number of hydrogen-bond donors (Lipinski definition) is 0. The van der Waals surface area contributed by atoms with Crippen LogP contribution < -0.4 is 4.74 Å². The van der Waals surface area contributed by atoms with Crippen molar-refractivity contribution in [2.45, 2.75) is 45.2 Å². The van der Waals surface area contributed by atoms with Crippen LogP contribution in [0.1, 0.15) is 59.3 Å². The first kappa shape index (κ1) is 15.2. The molecule has 0 saturated heterocycles. The van der Waals surface area contributed by atoms with Crippen molar-refractivity contribution in [1.82, 2.24) is 19.7 Å². The van der Waals surface area contributed by atoms with Gasteiger partial charge in [0.1, 0.15) is 11.6 Å². The molecule has 24 heavy (non-hydrogen) atoms. The van der Waals surface area contributed by atoms with Gasteiger partial charge in [-0.15, -0.1) is 10.2 Å². The number of rotatable bonds is 3. The van der Waals surface area contributed by atoms with Crippen molar-refractivity contribution in [2.75, 3.05) is 13.7 Å². The van der Waals surface area contributed by atoms with Gasteiger partial charge in [0.2, 0.25) is 0 Å². The van der Waals surface area contributed by atoms with Crippen LogP contribution in [-0.2, 0) is 6.54 Å². The number of nitrogens with zero attached hydrogens (tertiary/aromatic N) is 4. The smallest absolute Gasteiger partial charge is 0.254 e. The molecule has 1 atom stereocenters. The lowest BCUT2D eigenvalue weighted by molar-refractivity contribution is 0.0679. The summed E-state index contributed by atoms with van der Waals surface area (Å²) in [5.41, 5.74) is 1.66. The molecule has 1 aliphatic heterocycles. The summed E-state index contributed by atoms with van der Waals surface area (Å²) in [6.45, 7) is 5.30. The van der Waals surface area contributed by atoms with E-state index in [4.69, 9.17) is 4.74 Å². The Labute approximate surface area is 141 Å². The minimum Gasteiger partial charge on any atom is -0.496 e. The van der Waals surface area contributed by atoms with Crippen LogP contribution in [0.5, 0.6) is 5.75 Å². The number of methoxy groups -OCH3 is 1. The number of carbonyl (C=O) groups excluding carboxylic acids is 1. The summed E-state index contributed by atoms with van der Waals surface area (Å²) in [5, 5.41) is 8.71. The number of aryl methyl sites for hydroxylation is 1. The van der Waals surface area contributed by atoms with E-state index in [1.807, 2.05) is 30.0 Å². The summed E-state index contributed by atoms with van der Waals surface area (Å²) in [4.78, 5) is 14.8. The molecule has 126 valence electrons. The van der Waals surface area contributed by atoms with Gasteiger partial charge in [0.05, 0.1) is 19.7 Å². The molecule has 1 fully saturated rings. The Morgan fingerprint density at radius 1 is 1.29 bits per heavy atom. The molecule has 6 heteroatoms. The molecule has 1 aromatic heterocycles. The zero-order chi connectivity index (χ0) is 16.8. The van der Waals surface area contributed by atoms with Gasteiger partial charge < -0.3 is 14.2 Å². The van der Waals surface area contributed by atoms with E-state index >= 15 is 0 Å². The van der Waals surface area contributed by atoms with Crippen LogP contribution in [0.3, 0.4) is 0 Å². The van der Waals surface area contributed by atoms with Crippen molar-refractivity contribution in [3.05, 3.63) is 41.0 Å². The standard InChI is InChI=1S/C18H22N4O2/c1-11-8-14(6-7-15(11)24-3)18(23)21-9-12(2)22-16(10-21)19-20-17(22)13-4-5-13/h6-8,12-13H,4-5,9-10H2,1-3H3/t12-/m0/s1. The number of benzene rings is 1. The topological polar surface area (TPSA) is 60.2 Å². The average molecular weight is 326 g/mol. The van der Waals surface area contributed by atoms with E-state index in [0.29, 0.717) is 24.6 Å². The Hall–Kier alpha value is -2.37. The molecule has 2 heterocycles. The predicted octanol–water partition coefficient (Wildman–Crippen LogP) is 2.69. The van der Waals surface area contributed by atoms with Gasteiger partial charge in [-0.3, -0.25) is 4.79 Å². The van der Waals surface area contributed by atoms with Crippen LogP contribution >= 0.6 is 0 Å². The minimum absolute atomic E-state index is 0.0369. The highest BCUT2D eigenvalue weighted by Crippen LogP contribution is 2.41. The van der Waals surface area contributed by atoms with E-state index in [-0.39, 0.29) is 11.9 Å². The lowest BCUT2D eigenvalue weighted by Crippen LogP contribution is -2.40. The van der Waals surface area contributed by atoms with Gasteiger partial charge in [-0.05, 0) is 50.5 Å². The molecule has 4 rings (SSSR count). The maximum absolute atomic E-state index is 12.9. The lowest BCUT2D eigenvalue weighted by atomic mass is 10.1. The van der Waals surface area contributed by atoms with Gasteiger partial charge in [0.25, 0.3) is 5.91 Å². The number of amides is 1. The van der Waals surface area contributed by atoms with Crippen molar-refractivity contribution in [3.8, 4) is 5.75 Å². The third-order valence-corrected chi connectivity index (χ3v) is 4.92. The van der Waals surface area contributed by atoms with Crippen molar-refractivity contribution < 1.29 is 9.53 Å². The fraction of sp³-hybridized carbons (Fsp3) is 0.500. The second kappa shape index (κ2) is 5.61. The Morgan fingerprint density at radius 2 is 2.08 bits per heavy atom. The zero-order valence-corrected chi connectivity index (χ0v) is 14.3. The van der Waals surface area contributed by atoms with Gasteiger partial charge in [0, 0.05) is 18.0 Å². The summed E-state index contributed by atoms with van der Waals surface area (Å²) in [6, 6.07) is 5.78. The fourth-order valence-corrected chi connectivity index (χ4v) is 3.53. The summed E-state index contributed by atoms with van der Waals surface area (Å²) >= 11 is 0. The predicted molar refractivity (Wildman–Crippen MR) is 89.2 cm³/mol. The molecular weight excluding hydrogens is 304 g/mol. The van der Waals surface area contributed by atoms with E-state index in [9.17, 15) is 4.79 Å². The van der Waals surface area contributed by atoms with Crippen LogP contribution in [0, 0.1) is 6.92 Å². The first-order chi connectivity index (χ1) is 11.6. The van der Waals surface area contributed by atoms with E-state index < -0.39 is 0 Å². The summed E-state index contributed by atoms with van der Waals surface area (Å²) in [5.74, 6) is 3.40. The van der Waals surface area contributed by atoms with Crippen LogP contribution in [0.15, 0.2) is 18.2 Å². The van der Waals surface area contributed by atoms with Crippen molar-refractivity contribution in [3.63, 3.8) is 0 Å². The van der Waals surface area contributed by atoms with Crippen LogP contribution in [0.25, 0.3) is 0 Å². The molecular formula is C18H22N4O2. The Bertz CT molecular complexity index is 794. The second-order valence-corrected chi connectivity index (χ2v) is 6.84. The SMILES string of the molecule is COc1ccc(C(=O)N2Cc3nnc(C4CC4)n3[C@@H](C)C2)cc1C. The molecule has 0 bridgehead atoms. The summed E-state index contributed by atoms with van der Waals surface area (Å²) < 4.78 is 7.51. The molecule has 2 aromatic rings. The highest BCUT2D eigenvalue weighted by Gasteiger charge is 2.35. The van der Waals surface area contributed by atoms with Gasteiger partial charge in [0.15, 0.2) is 5.82 Å². The maximum atomic E-state index is 12.9. The van der Waals surface area contributed by atoms with E-state index in [2.05, 4.69) is 21.7 Å². The fourth-order valence-electron chi connectivity index (χ4n) is 3.53. The number of fused-ring (bicyclic) bond motifs is 1. The normalized spacial score (nSPS) is 20.0. The first-order valence-electron chi connectivity index (χ1n) is 8.46. The van der Waals surface area contributed by atoms with Crippen molar-refractivity contribution >= 4 is 5.91 Å². The maximum Gasteiger partial charge on any atom is 0.254 e. The molecule has 0 radical (unpaired) electrons. The molecule has 2 aliphatic rings. The highest BCUT2D eigenvalue weighted by molar-refractivity contribution is 5.94. The molecule has 1 saturated carbocycles. The first-order valence-corrected chi connectivity index (χ1v) is 8.46. The van der Waals surface area contributed by atoms with Gasteiger partial charge in [-0.1, -0.05) is 0 Å². The highest BCUT2D eigenvalue weighted by atomic mass is 16.5. The van der Waals surface area contributed by atoms with Gasteiger partial charge in [-0.2, -0.15) is 0 Å². The quantitative estimate of drug-likeness (QED) is 0.870. The molecule has 1 aliphatic carbocycles. The van der Waals surface area contributed by atoms with Crippen molar-refractivity contribution in [2.24, 2.45) is 0 Å². The number of hydrogen-bond acceptors (Lipinski definition) is 4. The molecule has 0 unspecified atom stereocenters. The van der Waals surface area contributed by atoms with Crippen LogP contribution in [-0.4, -0.2) is 39.2 Å². The number of ether oxygens (including phenoxy) is 1. The second-order valence-electron chi connectivity index (χ2n) is 6.84. The Kier molecular flexibility index (Phi) is 3.55. The van der Waals surface area contributed by atoms with Crippen molar-refractivity contribution in [1.29, 1.82) is 0 Å². The Balaban J connectivity index is 1.59. The number of aromatic nitrogens is 3. The zero-order valence-electron chi connectivity index (χ0n) is 14.3. The monoisotopic (exact) mass is 326 g/mol. The molecule has 6 nitrogen and oxygen atoms in total. The summed E-state index contributed by atoms with van der Waals surface area (Å²) in [6.07, 6.45) is 2.41. The van der Waals surface area contributed by atoms with Crippen LogP contribution in [0.2, 0.25) is 0 Å². The van der Waals surface area contributed by atoms with Crippen LogP contribution in [0.4, 0.5) is 0 Å².